The standard InChI is InChI=1S/C22H29Cl3O2/c23-13-7-1-3-9-15-26-21-17-20(25)22(19-12-6-5-11-18(19)21)27-16-10-4-2-8-14-24/h5-6,11-12,17H,1-4,7-10,13-16H2. The van der Waals surface area contributed by atoms with Gasteiger partial charge < -0.3 is 9.47 Å². The number of unbranched alkanes of at least 4 members (excludes halogenated alkanes) is 6. The molecule has 2 aromatic rings. The molecule has 0 radical (unpaired) electrons. The van der Waals surface area contributed by atoms with Crippen molar-refractivity contribution in [3.63, 3.8) is 0 Å². The smallest absolute Gasteiger partial charge is 0.145 e. The monoisotopic (exact) mass is 430 g/mol. The fourth-order valence-electron chi connectivity index (χ4n) is 3.01. The van der Waals surface area contributed by atoms with Crippen LogP contribution in [0.5, 0.6) is 11.5 Å². The molecule has 0 saturated heterocycles. The number of hydrogen-bond donors (Lipinski definition) is 0. The Morgan fingerprint density at radius 3 is 1.85 bits per heavy atom. The van der Waals surface area contributed by atoms with Gasteiger partial charge in [-0.15, -0.1) is 23.2 Å². The maximum absolute atomic E-state index is 6.52. The van der Waals surface area contributed by atoms with E-state index in [1.54, 1.807) is 0 Å². The number of fused-ring (bicyclic) bond motifs is 1. The molecular formula is C22H29Cl3O2. The Bertz CT molecular complexity index is 676. The number of ether oxygens (including phenoxy) is 2. The second-order valence-corrected chi connectivity index (χ2v) is 7.80. The van der Waals surface area contributed by atoms with Crippen molar-refractivity contribution >= 4 is 45.6 Å². The van der Waals surface area contributed by atoms with E-state index in [4.69, 9.17) is 44.3 Å². The van der Waals surface area contributed by atoms with Crippen LogP contribution in [-0.2, 0) is 0 Å². The highest BCUT2D eigenvalue weighted by atomic mass is 35.5. The topological polar surface area (TPSA) is 18.5 Å². The van der Waals surface area contributed by atoms with Crippen molar-refractivity contribution in [3.05, 3.63) is 35.4 Å². The van der Waals surface area contributed by atoms with Crippen LogP contribution in [0.4, 0.5) is 0 Å². The highest BCUT2D eigenvalue weighted by Gasteiger charge is 2.13. The summed E-state index contributed by atoms with van der Waals surface area (Å²) >= 11 is 17.9. The first kappa shape index (κ1) is 22.5. The van der Waals surface area contributed by atoms with Crippen LogP contribution in [0.15, 0.2) is 30.3 Å². The predicted octanol–water partition coefficient (Wildman–Crippen LogP) is 7.85. The predicted molar refractivity (Wildman–Crippen MR) is 118 cm³/mol. The minimum Gasteiger partial charge on any atom is -0.493 e. The van der Waals surface area contributed by atoms with Gasteiger partial charge in [0, 0.05) is 28.6 Å². The van der Waals surface area contributed by atoms with Gasteiger partial charge in [0.25, 0.3) is 0 Å². The third-order valence-electron chi connectivity index (χ3n) is 4.47. The van der Waals surface area contributed by atoms with E-state index >= 15 is 0 Å². The van der Waals surface area contributed by atoms with Crippen LogP contribution < -0.4 is 9.47 Å². The van der Waals surface area contributed by atoms with E-state index < -0.39 is 0 Å². The molecule has 0 unspecified atom stereocenters. The van der Waals surface area contributed by atoms with E-state index in [1.807, 2.05) is 24.3 Å². The van der Waals surface area contributed by atoms with Crippen molar-refractivity contribution in [2.45, 2.75) is 51.4 Å². The van der Waals surface area contributed by atoms with Crippen molar-refractivity contribution in [2.75, 3.05) is 25.0 Å². The van der Waals surface area contributed by atoms with Gasteiger partial charge in [-0.25, -0.2) is 0 Å². The summed E-state index contributed by atoms with van der Waals surface area (Å²) in [5.74, 6) is 3.03. The van der Waals surface area contributed by atoms with Crippen LogP contribution >= 0.6 is 34.8 Å². The van der Waals surface area contributed by atoms with Crippen LogP contribution in [0.2, 0.25) is 5.02 Å². The normalized spacial score (nSPS) is 11.1. The molecule has 0 aliphatic rings. The summed E-state index contributed by atoms with van der Waals surface area (Å²) in [6.45, 7) is 1.34. The quantitative estimate of drug-likeness (QED) is 0.224. The first-order valence-corrected chi connectivity index (χ1v) is 11.3. The highest BCUT2D eigenvalue weighted by molar-refractivity contribution is 6.33. The van der Waals surface area contributed by atoms with Crippen molar-refractivity contribution < 1.29 is 9.47 Å². The lowest BCUT2D eigenvalue weighted by Gasteiger charge is -2.15. The largest absolute Gasteiger partial charge is 0.493 e. The van der Waals surface area contributed by atoms with Crippen molar-refractivity contribution in [1.29, 1.82) is 0 Å². The number of hydrogen-bond acceptors (Lipinski definition) is 2. The Morgan fingerprint density at radius 1 is 0.667 bits per heavy atom. The Balaban J connectivity index is 1.98. The average Bonchev–Trinajstić information content (AvgIpc) is 2.69. The third-order valence-corrected chi connectivity index (χ3v) is 5.29. The molecule has 0 aromatic heterocycles. The van der Waals surface area contributed by atoms with E-state index in [1.165, 1.54) is 0 Å². The van der Waals surface area contributed by atoms with Gasteiger partial charge in [0.1, 0.15) is 11.5 Å². The highest BCUT2D eigenvalue weighted by Crippen LogP contribution is 2.39. The number of benzene rings is 2. The molecule has 0 heterocycles. The maximum atomic E-state index is 6.52. The molecule has 0 saturated carbocycles. The molecule has 0 aliphatic heterocycles. The van der Waals surface area contributed by atoms with Crippen LogP contribution in [0.3, 0.4) is 0 Å². The minimum absolute atomic E-state index is 0.603. The van der Waals surface area contributed by atoms with Gasteiger partial charge >= 0.3 is 0 Å². The van der Waals surface area contributed by atoms with Crippen LogP contribution in [-0.4, -0.2) is 25.0 Å². The zero-order valence-electron chi connectivity index (χ0n) is 15.8. The number of rotatable bonds is 14. The number of alkyl halides is 2. The summed E-state index contributed by atoms with van der Waals surface area (Å²) in [5.41, 5.74) is 0. The Morgan fingerprint density at radius 2 is 1.22 bits per heavy atom. The van der Waals surface area contributed by atoms with Crippen LogP contribution in [0.25, 0.3) is 10.8 Å². The summed E-state index contributed by atoms with van der Waals surface area (Å²) in [5, 5.41) is 2.65. The zero-order chi connectivity index (χ0) is 19.3. The van der Waals surface area contributed by atoms with E-state index in [9.17, 15) is 0 Å². The van der Waals surface area contributed by atoms with Crippen molar-refractivity contribution in [1.82, 2.24) is 0 Å². The first-order valence-electron chi connectivity index (χ1n) is 9.86. The molecule has 0 spiro atoms. The van der Waals surface area contributed by atoms with E-state index in [2.05, 4.69) is 6.07 Å². The van der Waals surface area contributed by atoms with Gasteiger partial charge in [-0.2, -0.15) is 0 Å². The van der Waals surface area contributed by atoms with Gasteiger partial charge in [0.15, 0.2) is 0 Å². The lowest BCUT2D eigenvalue weighted by Crippen LogP contribution is -2.01. The van der Waals surface area contributed by atoms with Gasteiger partial charge in [-0.05, 0) is 25.7 Å². The Kier molecular flexibility index (Phi) is 11.1. The molecule has 2 nitrogen and oxygen atoms in total. The van der Waals surface area contributed by atoms with Gasteiger partial charge in [-0.3, -0.25) is 0 Å². The molecule has 2 aromatic carbocycles. The fraction of sp³-hybridized carbons (Fsp3) is 0.545. The van der Waals surface area contributed by atoms with Gasteiger partial charge in [0.05, 0.1) is 18.2 Å². The molecule has 0 aliphatic carbocycles. The molecule has 2 rings (SSSR count). The third kappa shape index (κ3) is 7.60. The van der Waals surface area contributed by atoms with Gasteiger partial charge in [0.2, 0.25) is 0 Å². The van der Waals surface area contributed by atoms with Crippen molar-refractivity contribution in [3.8, 4) is 11.5 Å². The van der Waals surface area contributed by atoms with E-state index in [-0.39, 0.29) is 0 Å². The van der Waals surface area contributed by atoms with Gasteiger partial charge in [-0.1, -0.05) is 61.5 Å². The van der Waals surface area contributed by atoms with Crippen molar-refractivity contribution in [2.24, 2.45) is 0 Å². The second kappa shape index (κ2) is 13.4. The van der Waals surface area contributed by atoms with E-state index in [0.717, 1.165) is 85.4 Å². The molecule has 27 heavy (non-hydrogen) atoms. The Labute approximate surface area is 178 Å². The van der Waals surface area contributed by atoms with Crippen LogP contribution in [0, 0.1) is 0 Å². The summed E-state index contributed by atoms with van der Waals surface area (Å²) < 4.78 is 12.0. The van der Waals surface area contributed by atoms with Crippen LogP contribution in [0.1, 0.15) is 51.4 Å². The molecule has 0 fully saturated rings. The Hall–Kier alpha value is -0.830. The lowest BCUT2D eigenvalue weighted by atomic mass is 10.1. The summed E-state index contributed by atoms with van der Waals surface area (Å²) in [6, 6.07) is 9.99. The molecule has 0 N–H and O–H groups in total. The second-order valence-electron chi connectivity index (χ2n) is 6.63. The maximum Gasteiger partial charge on any atom is 0.145 e. The zero-order valence-corrected chi connectivity index (χ0v) is 18.1. The molecule has 5 heteroatoms. The summed E-state index contributed by atoms with van der Waals surface area (Å²) in [6.07, 6.45) is 8.67. The lowest BCUT2D eigenvalue weighted by molar-refractivity contribution is 0.302. The molecule has 0 atom stereocenters. The number of halogens is 3. The minimum atomic E-state index is 0.603. The van der Waals surface area contributed by atoms with E-state index in [0.29, 0.717) is 18.2 Å². The molecular weight excluding hydrogens is 403 g/mol. The molecule has 150 valence electrons. The fourth-order valence-corrected chi connectivity index (χ4v) is 3.64. The first-order chi connectivity index (χ1) is 13.3. The molecule has 0 amide bonds. The SMILES string of the molecule is ClCCCCCCOc1cc(Cl)c(OCCCCCCCl)c2ccccc12. The summed E-state index contributed by atoms with van der Waals surface area (Å²) in [4.78, 5) is 0. The summed E-state index contributed by atoms with van der Waals surface area (Å²) in [7, 11) is 0. The average molecular weight is 432 g/mol. The molecule has 0 bridgehead atoms.